The van der Waals surface area contributed by atoms with Crippen molar-refractivity contribution in [2.45, 2.75) is 12.8 Å². The minimum atomic E-state index is -3.23. The molecule has 1 aliphatic heterocycles. The molecule has 1 aromatic rings. The Kier molecular flexibility index (Phi) is 3.41. The van der Waals surface area contributed by atoms with E-state index in [-0.39, 0.29) is 5.78 Å². The summed E-state index contributed by atoms with van der Waals surface area (Å²) in [7, 11) is -3.23. The van der Waals surface area contributed by atoms with Gasteiger partial charge in [-0.2, -0.15) is 0 Å². The average molecular weight is 268 g/mol. The summed E-state index contributed by atoms with van der Waals surface area (Å²) in [4.78, 5) is 11.7. The van der Waals surface area contributed by atoms with E-state index in [0.29, 0.717) is 37.2 Å². The molecule has 0 bridgehead atoms. The van der Waals surface area contributed by atoms with Crippen LogP contribution in [0.4, 0.5) is 5.69 Å². The number of fused-ring (bicyclic) bond motifs is 1. The SMILES string of the molecule is CS(=O)(=O)N1CCc2cc(C(=O)CCN)ccc21. The average Bonchev–Trinajstić information content (AvgIpc) is 2.71. The standard InChI is InChI=1S/C12H16N2O3S/c1-18(16,17)14-7-5-9-8-10(2-3-11(9)14)12(15)4-6-13/h2-3,8H,4-7,13H2,1H3. The zero-order valence-corrected chi connectivity index (χ0v) is 11.0. The molecule has 1 heterocycles. The molecule has 1 aromatic carbocycles. The van der Waals surface area contributed by atoms with Crippen molar-refractivity contribution in [2.75, 3.05) is 23.7 Å². The Balaban J connectivity index is 2.34. The summed E-state index contributed by atoms with van der Waals surface area (Å²) in [6.45, 7) is 0.772. The second-order valence-electron chi connectivity index (χ2n) is 4.39. The molecule has 2 rings (SSSR count). The van der Waals surface area contributed by atoms with Crippen LogP contribution in [0.15, 0.2) is 18.2 Å². The van der Waals surface area contributed by atoms with E-state index in [9.17, 15) is 13.2 Å². The van der Waals surface area contributed by atoms with Gasteiger partial charge in [-0.3, -0.25) is 9.10 Å². The normalized spacial score (nSPS) is 14.7. The Hall–Kier alpha value is -1.40. The molecule has 0 saturated carbocycles. The fraction of sp³-hybridized carbons (Fsp3) is 0.417. The minimum Gasteiger partial charge on any atom is -0.330 e. The maximum Gasteiger partial charge on any atom is 0.232 e. The highest BCUT2D eigenvalue weighted by molar-refractivity contribution is 7.92. The highest BCUT2D eigenvalue weighted by Gasteiger charge is 2.26. The number of benzene rings is 1. The van der Waals surface area contributed by atoms with Crippen LogP contribution in [0.5, 0.6) is 0 Å². The lowest BCUT2D eigenvalue weighted by Gasteiger charge is -2.16. The first-order valence-electron chi connectivity index (χ1n) is 5.77. The molecule has 0 radical (unpaired) electrons. The maximum absolute atomic E-state index is 11.7. The Morgan fingerprint density at radius 2 is 2.17 bits per heavy atom. The molecule has 0 amide bonds. The van der Waals surface area contributed by atoms with Crippen LogP contribution in [0, 0.1) is 0 Å². The molecule has 0 aromatic heterocycles. The van der Waals surface area contributed by atoms with Crippen LogP contribution < -0.4 is 10.0 Å². The van der Waals surface area contributed by atoms with E-state index in [4.69, 9.17) is 5.73 Å². The van der Waals surface area contributed by atoms with Crippen molar-refractivity contribution in [1.82, 2.24) is 0 Å². The predicted molar refractivity (Wildman–Crippen MR) is 70.3 cm³/mol. The number of anilines is 1. The molecular formula is C12H16N2O3S. The first-order valence-corrected chi connectivity index (χ1v) is 7.62. The lowest BCUT2D eigenvalue weighted by molar-refractivity contribution is 0.0985. The van der Waals surface area contributed by atoms with E-state index in [1.54, 1.807) is 18.2 Å². The van der Waals surface area contributed by atoms with Crippen molar-refractivity contribution >= 4 is 21.5 Å². The summed E-state index contributed by atoms with van der Waals surface area (Å²) in [5.74, 6) is -0.00175. The lowest BCUT2D eigenvalue weighted by Crippen LogP contribution is -2.27. The molecule has 0 saturated heterocycles. The number of carbonyl (C=O) groups excluding carboxylic acids is 1. The molecule has 0 aliphatic carbocycles. The number of hydrogen-bond acceptors (Lipinski definition) is 4. The molecule has 5 nitrogen and oxygen atoms in total. The third-order valence-corrected chi connectivity index (χ3v) is 4.21. The molecule has 2 N–H and O–H groups in total. The van der Waals surface area contributed by atoms with Gasteiger partial charge in [0.05, 0.1) is 11.9 Å². The van der Waals surface area contributed by atoms with Crippen molar-refractivity contribution < 1.29 is 13.2 Å². The summed E-state index contributed by atoms with van der Waals surface area (Å²) in [6.07, 6.45) is 2.15. The van der Waals surface area contributed by atoms with E-state index in [1.165, 1.54) is 10.6 Å². The molecule has 1 aliphatic rings. The molecule has 0 atom stereocenters. The number of sulfonamides is 1. The first-order chi connectivity index (χ1) is 8.43. The third-order valence-electron chi connectivity index (χ3n) is 3.03. The first kappa shape index (κ1) is 13.0. The number of nitrogens with two attached hydrogens (primary N) is 1. The van der Waals surface area contributed by atoms with Gasteiger partial charge < -0.3 is 5.73 Å². The van der Waals surface area contributed by atoms with Crippen LogP contribution in [0.2, 0.25) is 0 Å². The van der Waals surface area contributed by atoms with Gasteiger partial charge in [-0.1, -0.05) is 0 Å². The Morgan fingerprint density at radius 3 is 2.78 bits per heavy atom. The fourth-order valence-electron chi connectivity index (χ4n) is 2.16. The van der Waals surface area contributed by atoms with Crippen molar-refractivity contribution in [3.8, 4) is 0 Å². The number of carbonyl (C=O) groups is 1. The van der Waals surface area contributed by atoms with E-state index < -0.39 is 10.0 Å². The Labute approximate surface area is 107 Å². The van der Waals surface area contributed by atoms with E-state index in [0.717, 1.165) is 5.56 Å². The highest BCUT2D eigenvalue weighted by Crippen LogP contribution is 2.30. The van der Waals surface area contributed by atoms with Gasteiger partial charge in [-0.15, -0.1) is 0 Å². The van der Waals surface area contributed by atoms with Crippen LogP contribution in [0.1, 0.15) is 22.3 Å². The monoisotopic (exact) mass is 268 g/mol. The molecular weight excluding hydrogens is 252 g/mol. The molecule has 0 spiro atoms. The maximum atomic E-state index is 11.7. The van der Waals surface area contributed by atoms with Gasteiger partial charge in [-0.05, 0) is 36.7 Å². The van der Waals surface area contributed by atoms with Gasteiger partial charge in [0.25, 0.3) is 0 Å². The molecule has 0 fully saturated rings. The number of hydrogen-bond donors (Lipinski definition) is 1. The number of Topliss-reactive ketones (excluding diaryl/α,β-unsaturated/α-hetero) is 1. The zero-order valence-electron chi connectivity index (χ0n) is 10.2. The van der Waals surface area contributed by atoms with E-state index in [2.05, 4.69) is 0 Å². The molecule has 0 unspecified atom stereocenters. The van der Waals surface area contributed by atoms with Crippen molar-refractivity contribution in [2.24, 2.45) is 5.73 Å². The van der Waals surface area contributed by atoms with Gasteiger partial charge in [0.2, 0.25) is 10.0 Å². The Bertz CT molecular complexity index is 581. The number of ketones is 1. The number of nitrogens with zero attached hydrogens (tertiary/aromatic N) is 1. The Morgan fingerprint density at radius 1 is 1.44 bits per heavy atom. The summed E-state index contributed by atoms with van der Waals surface area (Å²) in [5, 5.41) is 0. The van der Waals surface area contributed by atoms with Crippen LogP contribution in [0.25, 0.3) is 0 Å². The van der Waals surface area contributed by atoms with Gasteiger partial charge in [0, 0.05) is 18.5 Å². The smallest absolute Gasteiger partial charge is 0.232 e. The van der Waals surface area contributed by atoms with Crippen LogP contribution >= 0.6 is 0 Å². The van der Waals surface area contributed by atoms with Crippen LogP contribution in [-0.4, -0.2) is 33.5 Å². The van der Waals surface area contributed by atoms with Crippen molar-refractivity contribution in [1.29, 1.82) is 0 Å². The lowest BCUT2D eigenvalue weighted by atomic mass is 10.0. The second kappa shape index (κ2) is 4.70. The van der Waals surface area contributed by atoms with E-state index in [1.807, 2.05) is 0 Å². The predicted octanol–water partition coefficient (Wildman–Crippen LogP) is 0.540. The largest absolute Gasteiger partial charge is 0.330 e. The van der Waals surface area contributed by atoms with Gasteiger partial charge in [-0.25, -0.2) is 8.42 Å². The zero-order chi connectivity index (χ0) is 13.3. The second-order valence-corrected chi connectivity index (χ2v) is 6.30. The van der Waals surface area contributed by atoms with Gasteiger partial charge in [0.15, 0.2) is 5.78 Å². The number of rotatable bonds is 4. The summed E-state index contributed by atoms with van der Waals surface area (Å²) in [6, 6.07) is 5.14. The molecule has 6 heteroatoms. The minimum absolute atomic E-state index is 0.00175. The summed E-state index contributed by atoms with van der Waals surface area (Å²) < 4.78 is 24.5. The topological polar surface area (TPSA) is 80.5 Å². The summed E-state index contributed by atoms with van der Waals surface area (Å²) in [5.41, 5.74) is 7.54. The van der Waals surface area contributed by atoms with Gasteiger partial charge >= 0.3 is 0 Å². The highest BCUT2D eigenvalue weighted by atomic mass is 32.2. The summed E-state index contributed by atoms with van der Waals surface area (Å²) >= 11 is 0. The van der Waals surface area contributed by atoms with Crippen molar-refractivity contribution in [3.05, 3.63) is 29.3 Å². The van der Waals surface area contributed by atoms with Gasteiger partial charge in [0.1, 0.15) is 0 Å². The molecule has 98 valence electrons. The molecule has 18 heavy (non-hydrogen) atoms. The van der Waals surface area contributed by atoms with E-state index >= 15 is 0 Å². The van der Waals surface area contributed by atoms with Crippen molar-refractivity contribution in [3.63, 3.8) is 0 Å². The fourth-order valence-corrected chi connectivity index (χ4v) is 3.12. The van der Waals surface area contributed by atoms with Crippen LogP contribution in [0.3, 0.4) is 0 Å². The quantitative estimate of drug-likeness (QED) is 0.808. The third kappa shape index (κ3) is 2.39. The van der Waals surface area contributed by atoms with Crippen LogP contribution in [-0.2, 0) is 16.4 Å².